The predicted molar refractivity (Wildman–Crippen MR) is 65.2 cm³/mol. The van der Waals surface area contributed by atoms with Crippen LogP contribution in [0.1, 0.15) is 11.1 Å². The Morgan fingerprint density at radius 1 is 1.41 bits per heavy atom. The van der Waals surface area contributed by atoms with Crippen LogP contribution in [0, 0.1) is 19.8 Å². The van der Waals surface area contributed by atoms with Gasteiger partial charge in [0, 0.05) is 12.5 Å². The average Bonchev–Trinajstić information content (AvgIpc) is 2.31. The number of anilines is 1. The molecule has 1 N–H and O–H groups in total. The summed E-state index contributed by atoms with van der Waals surface area (Å²) >= 11 is 0. The molecule has 1 unspecified atom stereocenters. The van der Waals surface area contributed by atoms with Gasteiger partial charge in [0.25, 0.3) is 0 Å². The first-order valence-corrected chi connectivity index (χ1v) is 5.75. The Hall–Kier alpha value is -1.55. The zero-order valence-electron chi connectivity index (χ0n) is 10.1. The Morgan fingerprint density at radius 2 is 2.06 bits per heavy atom. The molecule has 0 saturated carbocycles. The van der Waals surface area contributed by atoms with E-state index in [4.69, 9.17) is 9.84 Å². The third-order valence-corrected chi connectivity index (χ3v) is 3.07. The van der Waals surface area contributed by atoms with Crippen LogP contribution in [0.5, 0.6) is 0 Å². The number of ether oxygens (including phenoxy) is 1. The Bertz CT molecular complexity index is 410. The van der Waals surface area contributed by atoms with Crippen molar-refractivity contribution < 1.29 is 14.6 Å². The second-order valence-corrected chi connectivity index (χ2v) is 4.48. The van der Waals surface area contributed by atoms with E-state index in [0.29, 0.717) is 13.2 Å². The number of rotatable bonds is 2. The van der Waals surface area contributed by atoms with Crippen LogP contribution in [0.2, 0.25) is 0 Å². The topological polar surface area (TPSA) is 49.8 Å². The van der Waals surface area contributed by atoms with Gasteiger partial charge in [-0.05, 0) is 25.0 Å². The first kappa shape index (κ1) is 11.9. The van der Waals surface area contributed by atoms with E-state index in [-0.39, 0.29) is 18.6 Å². The van der Waals surface area contributed by atoms with Gasteiger partial charge in [0.1, 0.15) is 0 Å². The van der Waals surface area contributed by atoms with Gasteiger partial charge >= 0.3 is 6.09 Å². The highest BCUT2D eigenvalue weighted by molar-refractivity contribution is 5.90. The molecule has 4 nitrogen and oxygen atoms in total. The fraction of sp³-hybridized carbons (Fsp3) is 0.462. The Labute approximate surface area is 101 Å². The Morgan fingerprint density at radius 3 is 2.65 bits per heavy atom. The van der Waals surface area contributed by atoms with Gasteiger partial charge in [0.15, 0.2) is 0 Å². The third-order valence-electron chi connectivity index (χ3n) is 3.07. The van der Waals surface area contributed by atoms with E-state index in [2.05, 4.69) is 0 Å². The number of amides is 1. The molecule has 0 aliphatic carbocycles. The van der Waals surface area contributed by atoms with E-state index < -0.39 is 0 Å². The molecule has 1 amide bonds. The number of benzene rings is 1. The second-order valence-electron chi connectivity index (χ2n) is 4.48. The van der Waals surface area contributed by atoms with Gasteiger partial charge in [0.2, 0.25) is 0 Å². The number of carbonyl (C=O) groups excluding carboxylic acids is 1. The molecule has 1 aromatic rings. The van der Waals surface area contributed by atoms with Crippen LogP contribution in [0.4, 0.5) is 10.5 Å². The SMILES string of the molecule is Cc1cccc(C)c1N1CC(CO)COC1=O. The minimum absolute atomic E-state index is 0.00768. The van der Waals surface area contributed by atoms with Crippen LogP contribution < -0.4 is 4.90 Å². The van der Waals surface area contributed by atoms with Gasteiger partial charge < -0.3 is 9.84 Å². The maximum atomic E-state index is 11.8. The lowest BCUT2D eigenvalue weighted by Crippen LogP contribution is -2.45. The van der Waals surface area contributed by atoms with Crippen LogP contribution in [-0.4, -0.2) is 31.0 Å². The highest BCUT2D eigenvalue weighted by Crippen LogP contribution is 2.27. The molecule has 1 saturated heterocycles. The van der Waals surface area contributed by atoms with Crippen LogP contribution in [0.25, 0.3) is 0 Å². The fourth-order valence-electron chi connectivity index (χ4n) is 2.18. The van der Waals surface area contributed by atoms with Crippen molar-refractivity contribution in [3.63, 3.8) is 0 Å². The maximum absolute atomic E-state index is 11.8. The largest absolute Gasteiger partial charge is 0.449 e. The smallest absolute Gasteiger partial charge is 0.414 e. The number of aliphatic hydroxyl groups excluding tert-OH is 1. The zero-order valence-corrected chi connectivity index (χ0v) is 10.1. The molecule has 1 fully saturated rings. The van der Waals surface area contributed by atoms with Gasteiger partial charge in [-0.3, -0.25) is 4.90 Å². The number of hydrogen-bond donors (Lipinski definition) is 1. The van der Waals surface area contributed by atoms with Gasteiger partial charge in [-0.2, -0.15) is 0 Å². The number of aryl methyl sites for hydroxylation is 2. The van der Waals surface area contributed by atoms with E-state index in [0.717, 1.165) is 16.8 Å². The molecule has 17 heavy (non-hydrogen) atoms. The van der Waals surface area contributed by atoms with Crippen molar-refractivity contribution in [3.8, 4) is 0 Å². The molecule has 0 aromatic heterocycles. The van der Waals surface area contributed by atoms with E-state index in [1.807, 2.05) is 32.0 Å². The van der Waals surface area contributed by atoms with Crippen molar-refractivity contribution in [1.82, 2.24) is 0 Å². The fourth-order valence-corrected chi connectivity index (χ4v) is 2.18. The van der Waals surface area contributed by atoms with Crippen LogP contribution >= 0.6 is 0 Å². The first-order chi connectivity index (χ1) is 8.13. The van der Waals surface area contributed by atoms with Crippen molar-refractivity contribution in [1.29, 1.82) is 0 Å². The van der Waals surface area contributed by atoms with Crippen LogP contribution in [0.3, 0.4) is 0 Å². The number of carbonyl (C=O) groups is 1. The van der Waals surface area contributed by atoms with Crippen molar-refractivity contribution in [2.45, 2.75) is 13.8 Å². The Kier molecular flexibility index (Phi) is 3.33. The van der Waals surface area contributed by atoms with E-state index in [1.165, 1.54) is 0 Å². The second kappa shape index (κ2) is 4.75. The minimum atomic E-state index is -0.327. The molecular weight excluding hydrogens is 218 g/mol. The molecule has 1 aliphatic rings. The third kappa shape index (κ3) is 2.26. The molecule has 1 atom stereocenters. The van der Waals surface area contributed by atoms with Crippen molar-refractivity contribution in [2.75, 3.05) is 24.7 Å². The summed E-state index contributed by atoms with van der Waals surface area (Å²) in [6.07, 6.45) is -0.327. The molecule has 0 spiro atoms. The van der Waals surface area contributed by atoms with Crippen molar-refractivity contribution >= 4 is 11.8 Å². The van der Waals surface area contributed by atoms with E-state index in [1.54, 1.807) is 4.90 Å². The Balaban J connectivity index is 2.34. The summed E-state index contributed by atoms with van der Waals surface area (Å²) in [6, 6.07) is 5.91. The highest BCUT2D eigenvalue weighted by atomic mass is 16.6. The number of nitrogens with zero attached hydrogens (tertiary/aromatic N) is 1. The van der Waals surface area contributed by atoms with Gasteiger partial charge in [0.05, 0.1) is 18.9 Å². The van der Waals surface area contributed by atoms with E-state index in [9.17, 15) is 4.79 Å². The van der Waals surface area contributed by atoms with Crippen LogP contribution in [-0.2, 0) is 4.74 Å². The summed E-state index contributed by atoms with van der Waals surface area (Å²) in [5, 5.41) is 9.16. The lowest BCUT2D eigenvalue weighted by atomic mass is 10.1. The molecule has 1 heterocycles. The molecular formula is C13H17NO3. The standard InChI is InChI=1S/C13H17NO3/c1-9-4-3-5-10(2)12(9)14-6-11(7-15)8-17-13(14)16/h3-5,11,15H,6-8H2,1-2H3. The summed E-state index contributed by atoms with van der Waals surface area (Å²) in [5.74, 6) is -0.00768. The summed E-state index contributed by atoms with van der Waals surface area (Å²) in [5.41, 5.74) is 2.98. The summed E-state index contributed by atoms with van der Waals surface area (Å²) < 4.78 is 5.09. The molecule has 0 bridgehead atoms. The quantitative estimate of drug-likeness (QED) is 0.851. The zero-order chi connectivity index (χ0) is 12.4. The van der Waals surface area contributed by atoms with E-state index >= 15 is 0 Å². The maximum Gasteiger partial charge on any atom is 0.414 e. The molecule has 92 valence electrons. The van der Waals surface area contributed by atoms with Gasteiger partial charge in [-0.25, -0.2) is 4.79 Å². The average molecular weight is 235 g/mol. The number of hydrogen-bond acceptors (Lipinski definition) is 3. The molecule has 2 rings (SSSR count). The van der Waals surface area contributed by atoms with Crippen molar-refractivity contribution in [3.05, 3.63) is 29.3 Å². The molecule has 1 aromatic carbocycles. The summed E-state index contributed by atoms with van der Waals surface area (Å²) in [7, 11) is 0. The first-order valence-electron chi connectivity index (χ1n) is 5.75. The summed E-state index contributed by atoms with van der Waals surface area (Å²) in [4.78, 5) is 13.4. The molecule has 4 heteroatoms. The highest BCUT2D eigenvalue weighted by Gasteiger charge is 2.29. The number of para-hydroxylation sites is 1. The van der Waals surface area contributed by atoms with Crippen molar-refractivity contribution in [2.24, 2.45) is 5.92 Å². The number of aliphatic hydroxyl groups is 1. The number of cyclic esters (lactones) is 1. The lowest BCUT2D eigenvalue weighted by Gasteiger charge is -2.33. The molecule has 0 radical (unpaired) electrons. The normalized spacial score (nSPS) is 20.3. The minimum Gasteiger partial charge on any atom is -0.449 e. The van der Waals surface area contributed by atoms with Crippen LogP contribution in [0.15, 0.2) is 18.2 Å². The predicted octanol–water partition coefficient (Wildman–Crippen LogP) is 1.87. The monoisotopic (exact) mass is 235 g/mol. The lowest BCUT2D eigenvalue weighted by molar-refractivity contribution is 0.0899. The molecule has 1 aliphatic heterocycles. The van der Waals surface area contributed by atoms with Gasteiger partial charge in [-0.15, -0.1) is 0 Å². The summed E-state index contributed by atoms with van der Waals surface area (Å²) in [6.45, 7) is 4.79. The van der Waals surface area contributed by atoms with Gasteiger partial charge in [-0.1, -0.05) is 18.2 Å².